The highest BCUT2D eigenvalue weighted by Crippen LogP contribution is 2.32. The zero-order valence-electron chi connectivity index (χ0n) is 10.3. The molecule has 1 aliphatic heterocycles. The number of methoxy groups -OCH3 is 1. The lowest BCUT2D eigenvalue weighted by Crippen LogP contribution is -2.45. The van der Waals surface area contributed by atoms with Crippen LogP contribution in [0, 0.1) is 5.92 Å². The molecule has 1 atom stereocenters. The van der Waals surface area contributed by atoms with Crippen molar-refractivity contribution in [2.24, 2.45) is 5.92 Å². The molecule has 18 heavy (non-hydrogen) atoms. The SMILES string of the molecule is COC(=O)CN(C(=O)C1CC1)[C@H]1CCS(=O)(=O)C1. The molecule has 7 heteroatoms. The third kappa shape index (κ3) is 3.01. The van der Waals surface area contributed by atoms with Crippen LogP contribution in [0.15, 0.2) is 0 Å². The van der Waals surface area contributed by atoms with Crippen molar-refractivity contribution in [2.45, 2.75) is 25.3 Å². The summed E-state index contributed by atoms with van der Waals surface area (Å²) in [7, 11) is -1.81. The molecular formula is C11H17NO5S. The lowest BCUT2D eigenvalue weighted by Gasteiger charge is -2.27. The molecule has 0 radical (unpaired) electrons. The van der Waals surface area contributed by atoms with Crippen molar-refractivity contribution >= 4 is 21.7 Å². The van der Waals surface area contributed by atoms with Crippen molar-refractivity contribution in [3.05, 3.63) is 0 Å². The Morgan fingerprint density at radius 3 is 2.39 bits per heavy atom. The van der Waals surface area contributed by atoms with Crippen LogP contribution in [0.5, 0.6) is 0 Å². The highest BCUT2D eigenvalue weighted by molar-refractivity contribution is 7.91. The summed E-state index contributed by atoms with van der Waals surface area (Å²) in [6.45, 7) is -0.147. The second-order valence-corrected chi connectivity index (χ2v) is 7.10. The third-order valence-corrected chi connectivity index (χ3v) is 5.14. The molecule has 0 bridgehead atoms. The predicted molar refractivity (Wildman–Crippen MR) is 63.5 cm³/mol. The Morgan fingerprint density at radius 1 is 1.28 bits per heavy atom. The van der Waals surface area contributed by atoms with Crippen LogP contribution in [-0.4, -0.2) is 56.4 Å². The summed E-state index contributed by atoms with van der Waals surface area (Å²) in [6, 6.07) is -0.373. The number of amides is 1. The summed E-state index contributed by atoms with van der Waals surface area (Å²) in [4.78, 5) is 24.8. The first-order chi connectivity index (χ1) is 8.43. The number of nitrogens with zero attached hydrogens (tertiary/aromatic N) is 1. The normalized spacial score (nSPS) is 25.7. The van der Waals surface area contributed by atoms with Crippen molar-refractivity contribution in [3.8, 4) is 0 Å². The van der Waals surface area contributed by atoms with E-state index in [0.29, 0.717) is 6.42 Å². The average molecular weight is 275 g/mol. The van der Waals surface area contributed by atoms with Gasteiger partial charge in [0.25, 0.3) is 0 Å². The fourth-order valence-corrected chi connectivity index (χ4v) is 3.91. The molecule has 1 saturated carbocycles. The summed E-state index contributed by atoms with van der Waals surface area (Å²) in [6.07, 6.45) is 2.07. The second kappa shape index (κ2) is 4.87. The largest absolute Gasteiger partial charge is 0.468 e. The predicted octanol–water partition coefficient (Wildman–Crippen LogP) is -0.415. The minimum absolute atomic E-state index is 0.0297. The first-order valence-corrected chi connectivity index (χ1v) is 7.83. The maximum atomic E-state index is 12.1. The molecule has 1 amide bonds. The molecule has 2 fully saturated rings. The first-order valence-electron chi connectivity index (χ1n) is 6.00. The van der Waals surface area contributed by atoms with Gasteiger partial charge in [-0.05, 0) is 19.3 Å². The Labute approximate surface area is 106 Å². The smallest absolute Gasteiger partial charge is 0.325 e. The van der Waals surface area contributed by atoms with Crippen molar-refractivity contribution in [2.75, 3.05) is 25.2 Å². The Balaban J connectivity index is 2.09. The van der Waals surface area contributed by atoms with Crippen molar-refractivity contribution < 1.29 is 22.7 Å². The van der Waals surface area contributed by atoms with Crippen LogP contribution < -0.4 is 0 Å². The quantitative estimate of drug-likeness (QED) is 0.651. The van der Waals surface area contributed by atoms with Crippen LogP contribution in [0.1, 0.15) is 19.3 Å². The molecule has 0 N–H and O–H groups in total. The maximum absolute atomic E-state index is 12.1. The lowest BCUT2D eigenvalue weighted by molar-refractivity contribution is -0.148. The van der Waals surface area contributed by atoms with Crippen molar-refractivity contribution in [3.63, 3.8) is 0 Å². The molecule has 0 spiro atoms. The molecule has 2 rings (SSSR count). The molecule has 1 saturated heterocycles. The van der Waals surface area contributed by atoms with E-state index in [0.717, 1.165) is 12.8 Å². The van der Waals surface area contributed by atoms with Crippen LogP contribution in [0.2, 0.25) is 0 Å². The minimum Gasteiger partial charge on any atom is -0.468 e. The van der Waals surface area contributed by atoms with Crippen LogP contribution in [0.25, 0.3) is 0 Å². The van der Waals surface area contributed by atoms with Crippen LogP contribution in [-0.2, 0) is 24.2 Å². The summed E-state index contributed by atoms with van der Waals surface area (Å²) in [5.74, 6) is -0.593. The van der Waals surface area contributed by atoms with Gasteiger partial charge in [0.2, 0.25) is 5.91 Å². The Bertz CT molecular complexity index is 454. The van der Waals surface area contributed by atoms with Gasteiger partial charge in [0.1, 0.15) is 6.54 Å². The number of hydrogen-bond donors (Lipinski definition) is 0. The van der Waals surface area contributed by atoms with Gasteiger partial charge < -0.3 is 9.64 Å². The summed E-state index contributed by atoms with van der Waals surface area (Å²) in [5, 5.41) is 0. The van der Waals surface area contributed by atoms with E-state index in [1.54, 1.807) is 0 Å². The van der Waals surface area contributed by atoms with Crippen LogP contribution in [0.4, 0.5) is 0 Å². The van der Waals surface area contributed by atoms with Gasteiger partial charge in [0.05, 0.1) is 18.6 Å². The number of hydrogen-bond acceptors (Lipinski definition) is 5. The molecule has 0 aromatic carbocycles. The average Bonchev–Trinajstić information content (AvgIpc) is 3.10. The van der Waals surface area contributed by atoms with Gasteiger partial charge >= 0.3 is 5.97 Å². The van der Waals surface area contributed by atoms with E-state index in [4.69, 9.17) is 0 Å². The van der Waals surface area contributed by atoms with Crippen molar-refractivity contribution in [1.29, 1.82) is 0 Å². The van der Waals surface area contributed by atoms with E-state index in [-0.39, 0.29) is 35.9 Å². The molecule has 6 nitrogen and oxygen atoms in total. The number of rotatable bonds is 4. The topological polar surface area (TPSA) is 80.8 Å². The second-order valence-electron chi connectivity index (χ2n) is 4.87. The Morgan fingerprint density at radius 2 is 1.94 bits per heavy atom. The van der Waals surface area contributed by atoms with E-state index >= 15 is 0 Å². The van der Waals surface area contributed by atoms with Gasteiger partial charge in [-0.15, -0.1) is 0 Å². The number of carbonyl (C=O) groups excluding carboxylic acids is 2. The number of ether oxygens (including phenoxy) is 1. The molecule has 1 heterocycles. The molecular weight excluding hydrogens is 258 g/mol. The zero-order chi connectivity index (χ0) is 13.3. The van der Waals surface area contributed by atoms with E-state index in [2.05, 4.69) is 4.74 Å². The van der Waals surface area contributed by atoms with Gasteiger partial charge in [-0.2, -0.15) is 0 Å². The highest BCUT2D eigenvalue weighted by atomic mass is 32.2. The zero-order valence-corrected chi connectivity index (χ0v) is 11.1. The Hall–Kier alpha value is -1.11. The van der Waals surface area contributed by atoms with E-state index in [1.807, 2.05) is 0 Å². The molecule has 0 unspecified atom stereocenters. The Kier molecular flexibility index (Phi) is 3.61. The maximum Gasteiger partial charge on any atom is 0.325 e. The molecule has 102 valence electrons. The highest BCUT2D eigenvalue weighted by Gasteiger charge is 2.41. The minimum atomic E-state index is -3.07. The van der Waals surface area contributed by atoms with Gasteiger partial charge in [0.15, 0.2) is 9.84 Å². The van der Waals surface area contributed by atoms with Gasteiger partial charge in [-0.1, -0.05) is 0 Å². The van der Waals surface area contributed by atoms with E-state index in [9.17, 15) is 18.0 Å². The molecule has 2 aliphatic rings. The summed E-state index contributed by atoms with van der Waals surface area (Å²) < 4.78 is 27.5. The summed E-state index contributed by atoms with van der Waals surface area (Å²) >= 11 is 0. The van der Waals surface area contributed by atoms with Gasteiger partial charge in [-0.25, -0.2) is 8.42 Å². The summed E-state index contributed by atoms with van der Waals surface area (Å²) in [5.41, 5.74) is 0. The van der Waals surface area contributed by atoms with Gasteiger partial charge in [0, 0.05) is 12.0 Å². The van der Waals surface area contributed by atoms with E-state index < -0.39 is 15.8 Å². The number of sulfone groups is 1. The van der Waals surface area contributed by atoms with Crippen LogP contribution >= 0.6 is 0 Å². The number of esters is 1. The molecule has 1 aliphatic carbocycles. The third-order valence-electron chi connectivity index (χ3n) is 3.39. The van der Waals surface area contributed by atoms with E-state index in [1.165, 1.54) is 12.0 Å². The number of carbonyl (C=O) groups is 2. The van der Waals surface area contributed by atoms with Crippen LogP contribution in [0.3, 0.4) is 0 Å². The first kappa shape index (κ1) is 13.3. The monoisotopic (exact) mass is 275 g/mol. The standard InChI is InChI=1S/C11H17NO5S/c1-17-10(13)6-12(11(14)8-2-3-8)9-4-5-18(15,16)7-9/h8-9H,2-7H2,1H3/t9-/m0/s1. The fourth-order valence-electron chi connectivity index (χ4n) is 2.18. The lowest BCUT2D eigenvalue weighted by atomic mass is 10.2. The fraction of sp³-hybridized carbons (Fsp3) is 0.818. The molecule has 0 aromatic rings. The van der Waals surface area contributed by atoms with Gasteiger partial charge in [-0.3, -0.25) is 9.59 Å². The molecule has 0 aromatic heterocycles. The van der Waals surface area contributed by atoms with Crippen molar-refractivity contribution in [1.82, 2.24) is 4.90 Å².